The number of fused-ring (bicyclic) bond motifs is 1. The van der Waals surface area contributed by atoms with Gasteiger partial charge in [-0.2, -0.15) is 4.98 Å². The number of methoxy groups -OCH3 is 1. The number of nitrogens with one attached hydrogen (secondary N) is 1. The number of amides is 1. The quantitative estimate of drug-likeness (QED) is 0.532. The van der Waals surface area contributed by atoms with Crippen molar-refractivity contribution in [3.63, 3.8) is 0 Å². The van der Waals surface area contributed by atoms with Crippen molar-refractivity contribution in [2.45, 2.75) is 24.7 Å². The maximum absolute atomic E-state index is 12.1. The Morgan fingerprint density at radius 3 is 2.56 bits per heavy atom. The van der Waals surface area contributed by atoms with Crippen LogP contribution >= 0.6 is 0 Å². The van der Waals surface area contributed by atoms with Crippen molar-refractivity contribution in [1.82, 2.24) is 15.4 Å². The SMILES string of the molecule is COc1ccc2c(Oc3ccc(C4(C(=O)NO)CCC4)cc3)ccnc2n1. The van der Waals surface area contributed by atoms with Gasteiger partial charge >= 0.3 is 0 Å². The van der Waals surface area contributed by atoms with Crippen molar-refractivity contribution in [3.8, 4) is 17.4 Å². The summed E-state index contributed by atoms with van der Waals surface area (Å²) in [4.78, 5) is 20.6. The van der Waals surface area contributed by atoms with Crippen LogP contribution in [0.4, 0.5) is 0 Å². The van der Waals surface area contributed by atoms with E-state index in [-0.39, 0.29) is 5.91 Å². The van der Waals surface area contributed by atoms with Gasteiger partial charge in [0.05, 0.1) is 17.9 Å². The normalized spacial score (nSPS) is 15.0. The third-order valence-corrected chi connectivity index (χ3v) is 5.12. The van der Waals surface area contributed by atoms with Crippen LogP contribution in [-0.4, -0.2) is 28.2 Å². The predicted octanol–water partition coefficient (Wildman–Crippen LogP) is 3.36. The van der Waals surface area contributed by atoms with E-state index < -0.39 is 5.41 Å². The van der Waals surface area contributed by atoms with Gasteiger partial charge in [0.1, 0.15) is 11.5 Å². The third kappa shape index (κ3) is 2.96. The van der Waals surface area contributed by atoms with E-state index in [2.05, 4.69) is 9.97 Å². The lowest BCUT2D eigenvalue weighted by molar-refractivity contribution is -0.138. The predicted molar refractivity (Wildman–Crippen MR) is 98.1 cm³/mol. The summed E-state index contributed by atoms with van der Waals surface area (Å²) in [5, 5.41) is 9.81. The zero-order chi connectivity index (χ0) is 18.9. The molecule has 0 saturated heterocycles. The van der Waals surface area contributed by atoms with Crippen molar-refractivity contribution in [1.29, 1.82) is 0 Å². The molecule has 1 aromatic carbocycles. The maximum Gasteiger partial charge on any atom is 0.253 e. The Kier molecular flexibility index (Phi) is 4.37. The minimum absolute atomic E-state index is 0.359. The van der Waals surface area contributed by atoms with Gasteiger partial charge < -0.3 is 9.47 Å². The van der Waals surface area contributed by atoms with Crippen molar-refractivity contribution in [3.05, 3.63) is 54.2 Å². The first kappa shape index (κ1) is 17.2. The number of nitrogens with zero attached hydrogens (tertiary/aromatic N) is 2. The number of hydrogen-bond donors (Lipinski definition) is 2. The lowest BCUT2D eigenvalue weighted by Gasteiger charge is -2.39. The summed E-state index contributed by atoms with van der Waals surface area (Å²) < 4.78 is 11.1. The largest absolute Gasteiger partial charge is 0.481 e. The molecule has 1 amide bonds. The number of carbonyl (C=O) groups is 1. The van der Waals surface area contributed by atoms with Crippen LogP contribution in [0.1, 0.15) is 24.8 Å². The molecule has 27 heavy (non-hydrogen) atoms. The molecule has 1 aliphatic rings. The molecule has 0 aliphatic heterocycles. The summed E-state index contributed by atoms with van der Waals surface area (Å²) in [5.41, 5.74) is 2.57. The van der Waals surface area contributed by atoms with E-state index in [0.29, 0.717) is 23.0 Å². The van der Waals surface area contributed by atoms with Crippen LogP contribution in [0.3, 0.4) is 0 Å². The smallest absolute Gasteiger partial charge is 0.253 e. The van der Waals surface area contributed by atoms with Crippen LogP contribution in [0.5, 0.6) is 17.4 Å². The molecular formula is C20H19N3O4. The average molecular weight is 365 g/mol. The zero-order valence-corrected chi connectivity index (χ0v) is 14.8. The number of pyridine rings is 2. The Labute approximate surface area is 155 Å². The molecule has 2 aromatic heterocycles. The summed E-state index contributed by atoms with van der Waals surface area (Å²) in [6, 6.07) is 12.8. The number of hydrogen-bond acceptors (Lipinski definition) is 6. The Hall–Kier alpha value is -3.19. The number of rotatable bonds is 5. The van der Waals surface area contributed by atoms with Gasteiger partial charge in [-0.15, -0.1) is 0 Å². The molecule has 0 radical (unpaired) electrons. The van der Waals surface area contributed by atoms with Crippen LogP contribution in [0.2, 0.25) is 0 Å². The van der Waals surface area contributed by atoms with E-state index >= 15 is 0 Å². The van der Waals surface area contributed by atoms with Crippen LogP contribution in [0.15, 0.2) is 48.7 Å². The minimum Gasteiger partial charge on any atom is -0.481 e. The lowest BCUT2D eigenvalue weighted by Crippen LogP contribution is -2.48. The molecule has 0 unspecified atom stereocenters. The van der Waals surface area contributed by atoms with Crippen LogP contribution in [0, 0.1) is 0 Å². The van der Waals surface area contributed by atoms with Gasteiger partial charge in [-0.1, -0.05) is 18.6 Å². The van der Waals surface area contributed by atoms with Crippen LogP contribution < -0.4 is 15.0 Å². The van der Waals surface area contributed by atoms with Gasteiger partial charge in [0.2, 0.25) is 5.88 Å². The van der Waals surface area contributed by atoms with Gasteiger partial charge in [0, 0.05) is 12.3 Å². The number of hydroxylamine groups is 1. The van der Waals surface area contributed by atoms with Gasteiger partial charge in [-0.3, -0.25) is 10.0 Å². The Bertz CT molecular complexity index is 984. The first-order valence-corrected chi connectivity index (χ1v) is 8.69. The van der Waals surface area contributed by atoms with E-state index in [1.165, 1.54) is 0 Å². The molecule has 1 saturated carbocycles. The summed E-state index contributed by atoms with van der Waals surface area (Å²) in [7, 11) is 1.56. The van der Waals surface area contributed by atoms with Crippen LogP contribution in [0.25, 0.3) is 11.0 Å². The highest BCUT2D eigenvalue weighted by molar-refractivity contribution is 5.88. The Balaban J connectivity index is 1.61. The Morgan fingerprint density at radius 1 is 1.15 bits per heavy atom. The highest BCUT2D eigenvalue weighted by Crippen LogP contribution is 2.44. The molecule has 2 N–H and O–H groups in total. The third-order valence-electron chi connectivity index (χ3n) is 5.12. The molecule has 138 valence electrons. The average Bonchev–Trinajstić information content (AvgIpc) is 2.68. The molecule has 4 rings (SSSR count). The molecule has 7 nitrogen and oxygen atoms in total. The number of benzene rings is 1. The van der Waals surface area contributed by atoms with Crippen molar-refractivity contribution in [2.24, 2.45) is 0 Å². The van der Waals surface area contributed by atoms with Gasteiger partial charge in [-0.25, -0.2) is 10.5 Å². The molecule has 2 heterocycles. The topological polar surface area (TPSA) is 93.6 Å². The highest BCUT2D eigenvalue weighted by Gasteiger charge is 2.45. The summed E-state index contributed by atoms with van der Waals surface area (Å²) in [6.45, 7) is 0. The standard InChI is InChI=1S/C20H19N3O4/c1-26-17-8-7-15-16(9-12-21-18(15)22-17)27-14-5-3-13(4-6-14)20(10-2-11-20)19(24)23-25/h3-9,12,25H,2,10-11H2,1H3,(H,23,24). The number of aromatic nitrogens is 2. The van der Waals surface area contributed by atoms with Crippen molar-refractivity contribution >= 4 is 16.9 Å². The summed E-state index contributed by atoms with van der Waals surface area (Å²) in [6.07, 6.45) is 4.04. The van der Waals surface area contributed by atoms with E-state index in [0.717, 1.165) is 30.2 Å². The number of carbonyl (C=O) groups excluding carboxylic acids is 1. The minimum atomic E-state index is -0.642. The summed E-state index contributed by atoms with van der Waals surface area (Å²) in [5.74, 6) is 1.40. The lowest BCUT2D eigenvalue weighted by atomic mass is 9.64. The van der Waals surface area contributed by atoms with E-state index in [9.17, 15) is 4.79 Å². The molecule has 0 bridgehead atoms. The second-order valence-electron chi connectivity index (χ2n) is 6.54. The second-order valence-corrected chi connectivity index (χ2v) is 6.54. The monoisotopic (exact) mass is 365 g/mol. The van der Waals surface area contributed by atoms with E-state index in [1.54, 1.807) is 30.9 Å². The molecule has 3 aromatic rings. The fraction of sp³-hybridized carbons (Fsp3) is 0.250. The fourth-order valence-electron chi connectivity index (χ4n) is 3.44. The second kappa shape index (κ2) is 6.85. The zero-order valence-electron chi connectivity index (χ0n) is 14.8. The van der Waals surface area contributed by atoms with Crippen LogP contribution in [-0.2, 0) is 10.2 Å². The van der Waals surface area contributed by atoms with Gasteiger partial charge in [0.15, 0.2) is 5.65 Å². The maximum atomic E-state index is 12.1. The molecule has 1 fully saturated rings. The fourth-order valence-corrected chi connectivity index (χ4v) is 3.44. The number of ether oxygens (including phenoxy) is 2. The van der Waals surface area contributed by atoms with Gasteiger partial charge in [-0.05, 0) is 42.7 Å². The van der Waals surface area contributed by atoms with Crippen molar-refractivity contribution < 1.29 is 19.5 Å². The van der Waals surface area contributed by atoms with Gasteiger partial charge in [0.25, 0.3) is 5.91 Å². The molecule has 1 aliphatic carbocycles. The summed E-state index contributed by atoms with van der Waals surface area (Å²) >= 11 is 0. The van der Waals surface area contributed by atoms with E-state index in [1.807, 2.05) is 30.3 Å². The highest BCUT2D eigenvalue weighted by atomic mass is 16.5. The first-order chi connectivity index (χ1) is 13.2. The molecule has 7 heteroatoms. The first-order valence-electron chi connectivity index (χ1n) is 8.69. The van der Waals surface area contributed by atoms with Crippen molar-refractivity contribution in [2.75, 3.05) is 7.11 Å². The van der Waals surface area contributed by atoms with E-state index in [4.69, 9.17) is 14.7 Å². The molecule has 0 atom stereocenters. The Morgan fingerprint density at radius 2 is 1.93 bits per heavy atom. The molecule has 0 spiro atoms. The molecular weight excluding hydrogens is 346 g/mol.